The molecule has 3 rings (SSSR count). The van der Waals surface area contributed by atoms with Crippen LogP contribution in [0, 0.1) is 0 Å². The lowest BCUT2D eigenvalue weighted by molar-refractivity contribution is 0.0954. The molecule has 0 atom stereocenters. The van der Waals surface area contributed by atoms with Crippen LogP contribution in [0.15, 0.2) is 71.6 Å². The zero-order valence-corrected chi connectivity index (χ0v) is 21.1. The maximum absolute atomic E-state index is 12.9. The van der Waals surface area contributed by atoms with E-state index in [0.717, 1.165) is 5.56 Å². The Morgan fingerprint density at radius 1 is 0.857 bits per heavy atom. The first-order chi connectivity index (χ1) is 16.8. The summed E-state index contributed by atoms with van der Waals surface area (Å²) in [6.07, 6.45) is 0.604. The second-order valence-corrected chi connectivity index (χ2v) is 9.84. The summed E-state index contributed by atoms with van der Waals surface area (Å²) >= 11 is 0. The van der Waals surface area contributed by atoms with E-state index in [1.165, 1.54) is 18.5 Å². The molecule has 0 radical (unpaired) electrons. The molecule has 0 unspecified atom stereocenters. The minimum atomic E-state index is -3.69. The molecule has 0 saturated heterocycles. The maximum atomic E-state index is 12.9. The average molecular weight is 499 g/mol. The molecule has 186 valence electrons. The number of ether oxygens (including phenoxy) is 3. The van der Waals surface area contributed by atoms with Crippen molar-refractivity contribution in [2.75, 3.05) is 34.9 Å². The zero-order chi connectivity index (χ0) is 25.4. The van der Waals surface area contributed by atoms with Crippen molar-refractivity contribution in [3.8, 4) is 17.2 Å². The number of hydrogen-bond acceptors (Lipinski definition) is 6. The minimum absolute atomic E-state index is 0.0488. The van der Waals surface area contributed by atoms with E-state index in [2.05, 4.69) is 5.32 Å². The van der Waals surface area contributed by atoms with E-state index in [0.29, 0.717) is 41.3 Å². The molecule has 0 aromatic heterocycles. The highest BCUT2D eigenvalue weighted by atomic mass is 32.2. The van der Waals surface area contributed by atoms with Crippen molar-refractivity contribution in [3.05, 3.63) is 83.4 Å². The minimum Gasteiger partial charge on any atom is -0.496 e. The highest BCUT2D eigenvalue weighted by molar-refractivity contribution is 7.89. The molecule has 0 heterocycles. The van der Waals surface area contributed by atoms with Crippen LogP contribution in [0.1, 0.15) is 21.5 Å². The monoisotopic (exact) mass is 498 g/mol. The van der Waals surface area contributed by atoms with E-state index >= 15 is 0 Å². The van der Waals surface area contributed by atoms with Gasteiger partial charge in [-0.1, -0.05) is 24.3 Å². The number of nitrogens with one attached hydrogen (secondary N) is 1. The van der Waals surface area contributed by atoms with Gasteiger partial charge in [0, 0.05) is 31.3 Å². The van der Waals surface area contributed by atoms with Crippen LogP contribution in [-0.2, 0) is 23.0 Å². The van der Waals surface area contributed by atoms with Gasteiger partial charge in [0.05, 0.1) is 26.2 Å². The maximum Gasteiger partial charge on any atom is 0.251 e. The second kappa shape index (κ2) is 11.7. The molecule has 0 aliphatic heterocycles. The van der Waals surface area contributed by atoms with Crippen LogP contribution in [0.2, 0.25) is 0 Å². The average Bonchev–Trinajstić information content (AvgIpc) is 2.88. The van der Waals surface area contributed by atoms with Gasteiger partial charge in [-0.15, -0.1) is 0 Å². The number of carbonyl (C=O) groups excluding carboxylic acids is 1. The third-order valence-electron chi connectivity index (χ3n) is 5.53. The first kappa shape index (κ1) is 26.1. The molecule has 35 heavy (non-hydrogen) atoms. The van der Waals surface area contributed by atoms with Gasteiger partial charge in [0.25, 0.3) is 5.91 Å². The Morgan fingerprint density at radius 2 is 1.51 bits per heavy atom. The van der Waals surface area contributed by atoms with Gasteiger partial charge in [-0.3, -0.25) is 4.79 Å². The summed E-state index contributed by atoms with van der Waals surface area (Å²) < 4.78 is 43.0. The number of carbonyl (C=O) groups is 1. The number of amides is 1. The molecule has 0 saturated carbocycles. The third-order valence-corrected chi connectivity index (χ3v) is 7.35. The second-order valence-electron chi connectivity index (χ2n) is 7.80. The van der Waals surface area contributed by atoms with Crippen LogP contribution in [0.4, 0.5) is 0 Å². The SMILES string of the molecule is COc1ccc(C(=O)NCCc2ccc(OC)c(OC)c2)cc1CN(C)S(=O)(=O)c1ccccc1. The van der Waals surface area contributed by atoms with Crippen LogP contribution >= 0.6 is 0 Å². The Kier molecular flexibility index (Phi) is 8.73. The van der Waals surface area contributed by atoms with Crippen molar-refractivity contribution in [2.45, 2.75) is 17.9 Å². The summed E-state index contributed by atoms with van der Waals surface area (Å²) in [5.41, 5.74) is 1.99. The van der Waals surface area contributed by atoms with Crippen LogP contribution in [0.5, 0.6) is 17.2 Å². The lowest BCUT2D eigenvalue weighted by Crippen LogP contribution is -2.28. The highest BCUT2D eigenvalue weighted by Crippen LogP contribution is 2.28. The molecule has 3 aromatic carbocycles. The topological polar surface area (TPSA) is 94.2 Å². The summed E-state index contributed by atoms with van der Waals surface area (Å²) in [5.74, 6) is 1.51. The quantitative estimate of drug-likeness (QED) is 0.435. The fraction of sp³-hybridized carbons (Fsp3) is 0.269. The van der Waals surface area contributed by atoms with Gasteiger partial charge in [0.2, 0.25) is 10.0 Å². The van der Waals surface area contributed by atoms with Crippen molar-refractivity contribution in [1.82, 2.24) is 9.62 Å². The van der Waals surface area contributed by atoms with Crippen LogP contribution < -0.4 is 19.5 Å². The Labute approximate surface area is 206 Å². The molecule has 0 fully saturated rings. The standard InChI is InChI=1S/C26H30N2O6S/c1-28(35(30,31)22-8-6-5-7-9-22)18-21-17-20(11-13-23(21)32-2)26(29)27-15-14-19-10-12-24(33-3)25(16-19)34-4/h5-13,16-17H,14-15,18H2,1-4H3,(H,27,29). The van der Waals surface area contributed by atoms with Gasteiger partial charge < -0.3 is 19.5 Å². The molecule has 1 amide bonds. The molecule has 8 nitrogen and oxygen atoms in total. The largest absolute Gasteiger partial charge is 0.496 e. The lowest BCUT2D eigenvalue weighted by atomic mass is 10.1. The number of nitrogens with zero attached hydrogens (tertiary/aromatic N) is 1. The van der Waals surface area contributed by atoms with E-state index < -0.39 is 10.0 Å². The van der Waals surface area contributed by atoms with Crippen LogP contribution in [-0.4, -0.2) is 53.6 Å². The molecule has 9 heteroatoms. The lowest BCUT2D eigenvalue weighted by Gasteiger charge is -2.19. The van der Waals surface area contributed by atoms with E-state index in [1.807, 2.05) is 18.2 Å². The van der Waals surface area contributed by atoms with Crippen molar-refractivity contribution < 1.29 is 27.4 Å². The van der Waals surface area contributed by atoms with Crippen molar-refractivity contribution in [3.63, 3.8) is 0 Å². The molecule has 0 bridgehead atoms. The van der Waals surface area contributed by atoms with E-state index in [1.54, 1.807) is 62.8 Å². The number of methoxy groups -OCH3 is 3. The predicted molar refractivity (Wildman–Crippen MR) is 134 cm³/mol. The van der Waals surface area contributed by atoms with Gasteiger partial charge in [-0.05, 0) is 54.4 Å². The molecular formula is C26H30N2O6S. The number of sulfonamides is 1. The fourth-order valence-corrected chi connectivity index (χ4v) is 4.77. The highest BCUT2D eigenvalue weighted by Gasteiger charge is 2.22. The predicted octanol–water partition coefficient (Wildman–Crippen LogP) is 3.51. The number of rotatable bonds is 11. The summed E-state index contributed by atoms with van der Waals surface area (Å²) in [6.45, 7) is 0.463. The Hall–Kier alpha value is -3.56. The zero-order valence-electron chi connectivity index (χ0n) is 20.3. The Balaban J connectivity index is 1.69. The number of hydrogen-bond donors (Lipinski definition) is 1. The van der Waals surface area contributed by atoms with Gasteiger partial charge in [-0.25, -0.2) is 8.42 Å². The van der Waals surface area contributed by atoms with Gasteiger partial charge in [0.1, 0.15) is 5.75 Å². The van der Waals surface area contributed by atoms with Gasteiger partial charge >= 0.3 is 0 Å². The Bertz CT molecular complexity index is 1260. The third kappa shape index (κ3) is 6.32. The molecule has 0 aliphatic carbocycles. The summed E-state index contributed by atoms with van der Waals surface area (Å²) in [7, 11) is 2.47. The van der Waals surface area contributed by atoms with E-state index in [9.17, 15) is 13.2 Å². The molecular weight excluding hydrogens is 468 g/mol. The Morgan fingerprint density at radius 3 is 2.17 bits per heavy atom. The first-order valence-electron chi connectivity index (χ1n) is 11.0. The molecule has 0 spiro atoms. The molecule has 1 N–H and O–H groups in total. The van der Waals surface area contributed by atoms with E-state index in [-0.39, 0.29) is 17.3 Å². The van der Waals surface area contributed by atoms with Gasteiger partial charge in [0.15, 0.2) is 11.5 Å². The van der Waals surface area contributed by atoms with Crippen molar-refractivity contribution in [1.29, 1.82) is 0 Å². The summed E-state index contributed by atoms with van der Waals surface area (Å²) in [6, 6.07) is 18.8. The van der Waals surface area contributed by atoms with Crippen molar-refractivity contribution >= 4 is 15.9 Å². The van der Waals surface area contributed by atoms with Crippen LogP contribution in [0.25, 0.3) is 0 Å². The fourth-order valence-electron chi connectivity index (χ4n) is 3.60. The summed E-state index contributed by atoms with van der Waals surface area (Å²) in [4.78, 5) is 13.0. The normalized spacial score (nSPS) is 11.2. The molecule has 0 aliphatic rings. The van der Waals surface area contributed by atoms with Crippen LogP contribution in [0.3, 0.4) is 0 Å². The van der Waals surface area contributed by atoms with Crippen molar-refractivity contribution in [2.24, 2.45) is 0 Å². The number of benzene rings is 3. The summed E-state index contributed by atoms with van der Waals surface area (Å²) in [5, 5.41) is 2.90. The smallest absolute Gasteiger partial charge is 0.251 e. The van der Waals surface area contributed by atoms with Gasteiger partial charge in [-0.2, -0.15) is 4.31 Å². The molecule has 3 aromatic rings. The first-order valence-corrected chi connectivity index (χ1v) is 12.4. The van der Waals surface area contributed by atoms with E-state index in [4.69, 9.17) is 14.2 Å².